The van der Waals surface area contributed by atoms with E-state index in [9.17, 15) is 9.59 Å². The highest BCUT2D eigenvalue weighted by Gasteiger charge is 2.29. The minimum absolute atomic E-state index is 0. The van der Waals surface area contributed by atoms with Crippen molar-refractivity contribution in [1.29, 1.82) is 0 Å². The van der Waals surface area contributed by atoms with Crippen molar-refractivity contribution < 1.29 is 62.0 Å². The number of benzene rings is 2. The van der Waals surface area contributed by atoms with Gasteiger partial charge < -0.3 is 52.4 Å². The number of halogens is 2. The Morgan fingerprint density at radius 2 is 0.912 bits per heavy atom. The van der Waals surface area contributed by atoms with Gasteiger partial charge in [0.15, 0.2) is 0 Å². The zero-order chi connectivity index (χ0) is 22.6. The van der Waals surface area contributed by atoms with E-state index in [0.717, 1.165) is 57.4 Å². The maximum absolute atomic E-state index is 12.8. The molecule has 8 heteroatoms. The topological polar surface area (TPSA) is 52.6 Å². The van der Waals surface area contributed by atoms with Gasteiger partial charge in [-0.05, 0) is 11.1 Å². The van der Waals surface area contributed by atoms with Gasteiger partial charge in [0.05, 0.1) is 40.5 Å². The number of hydrogen-bond acceptors (Lipinski definition) is 4. The summed E-state index contributed by atoms with van der Waals surface area (Å²) in [6.45, 7) is 7.37. The Morgan fingerprint density at radius 3 is 1.21 bits per heavy atom. The van der Waals surface area contributed by atoms with Crippen LogP contribution in [0.15, 0.2) is 48.5 Å². The van der Waals surface area contributed by atoms with Gasteiger partial charge in [0, 0.05) is 11.1 Å². The summed E-state index contributed by atoms with van der Waals surface area (Å²) in [4.78, 5) is 25.5. The quantitative estimate of drug-likeness (QED) is 0.248. The Hall–Kier alpha value is -1.42. The van der Waals surface area contributed by atoms with E-state index in [1.165, 1.54) is 0 Å². The molecule has 0 spiro atoms. The number of morpholine rings is 2. The molecule has 34 heavy (non-hydrogen) atoms. The molecule has 4 rings (SSSR count). The van der Waals surface area contributed by atoms with E-state index in [1.807, 2.05) is 48.5 Å². The lowest BCUT2D eigenvalue weighted by Gasteiger charge is -2.36. The minimum atomic E-state index is 0. The molecule has 6 nitrogen and oxygen atoms in total. The standard InChI is InChI=1S/C26H34N2O4.2BrH/c1-27(11-15-31-16-12-27)19-25(29)23-7-3-21(4-8-23)22-5-9-24(10-6-22)26(30)20-28(2)13-17-32-18-14-28;;/h3-10H,11-20H2,1-2H3;2*1H/q+2;;/p-2. The number of carbonyl (C=O) groups excluding carboxylic acids is 2. The molecule has 2 aliphatic heterocycles. The van der Waals surface area contributed by atoms with Gasteiger partial charge in [-0.25, -0.2) is 0 Å². The number of quaternary nitrogens is 2. The molecule has 0 bridgehead atoms. The molecule has 186 valence electrons. The number of Topliss-reactive ketones (excluding diaryl/α,β-unsaturated/α-hetero) is 2. The summed E-state index contributed by atoms with van der Waals surface area (Å²) < 4.78 is 12.3. The van der Waals surface area contributed by atoms with Crippen LogP contribution in [0.25, 0.3) is 11.1 Å². The first-order valence-corrected chi connectivity index (χ1v) is 11.5. The van der Waals surface area contributed by atoms with E-state index in [1.54, 1.807) is 0 Å². The highest BCUT2D eigenvalue weighted by molar-refractivity contribution is 5.98. The van der Waals surface area contributed by atoms with Crippen molar-refractivity contribution in [1.82, 2.24) is 0 Å². The molecular weight excluding hydrogens is 564 g/mol. The average molecular weight is 598 g/mol. The fourth-order valence-corrected chi connectivity index (χ4v) is 4.46. The van der Waals surface area contributed by atoms with Crippen LogP contribution in [0.4, 0.5) is 0 Å². The van der Waals surface area contributed by atoms with Crippen LogP contribution in [-0.2, 0) is 9.47 Å². The second kappa shape index (κ2) is 12.5. The monoisotopic (exact) mass is 596 g/mol. The van der Waals surface area contributed by atoms with Gasteiger partial charge in [-0.15, -0.1) is 0 Å². The number of likely N-dealkylation sites (N-methyl/N-ethyl adjacent to an activating group) is 2. The van der Waals surface area contributed by atoms with Crippen LogP contribution in [0.3, 0.4) is 0 Å². The van der Waals surface area contributed by atoms with E-state index in [0.29, 0.717) is 39.5 Å². The van der Waals surface area contributed by atoms with Gasteiger partial charge in [-0.1, -0.05) is 48.5 Å². The Morgan fingerprint density at radius 1 is 0.618 bits per heavy atom. The van der Waals surface area contributed by atoms with Gasteiger partial charge in [0.25, 0.3) is 0 Å². The van der Waals surface area contributed by atoms with Gasteiger partial charge in [-0.3, -0.25) is 9.59 Å². The zero-order valence-corrected chi connectivity index (χ0v) is 23.1. The lowest BCUT2D eigenvalue weighted by Crippen LogP contribution is -3.00. The maximum atomic E-state index is 12.8. The predicted molar refractivity (Wildman–Crippen MR) is 124 cm³/mol. The molecule has 0 amide bonds. The summed E-state index contributed by atoms with van der Waals surface area (Å²) in [5, 5.41) is 0. The molecule has 2 heterocycles. The lowest BCUT2D eigenvalue weighted by atomic mass is 9.99. The molecular formula is C26H34Br2N2O4. The molecule has 0 unspecified atom stereocenters. The molecule has 2 fully saturated rings. The van der Waals surface area contributed by atoms with Crippen LogP contribution >= 0.6 is 0 Å². The fraction of sp³-hybridized carbons (Fsp3) is 0.462. The van der Waals surface area contributed by atoms with Crippen LogP contribution in [0.2, 0.25) is 0 Å². The summed E-state index contributed by atoms with van der Waals surface area (Å²) in [7, 11) is 4.25. The molecule has 0 radical (unpaired) electrons. The van der Waals surface area contributed by atoms with Gasteiger partial charge >= 0.3 is 0 Å². The van der Waals surface area contributed by atoms with Gasteiger partial charge in [0.1, 0.15) is 39.3 Å². The SMILES string of the molecule is C[N+]1(CC(=O)c2ccc(-c3ccc(C(=O)C[N+]4(C)CCOCC4)cc3)cc2)CCOCC1.[Br-].[Br-]. The third kappa shape index (κ3) is 7.29. The smallest absolute Gasteiger partial charge is 0.216 e. The molecule has 0 aromatic heterocycles. The zero-order valence-electron chi connectivity index (χ0n) is 20.0. The summed E-state index contributed by atoms with van der Waals surface area (Å²) >= 11 is 0. The number of ether oxygens (including phenoxy) is 2. The van der Waals surface area contributed by atoms with Crippen LogP contribution in [0.1, 0.15) is 20.7 Å². The maximum Gasteiger partial charge on any atom is 0.216 e. The number of ketones is 2. The van der Waals surface area contributed by atoms with Crippen LogP contribution in [0, 0.1) is 0 Å². The minimum Gasteiger partial charge on any atom is -1.00 e. The van der Waals surface area contributed by atoms with Crippen molar-refractivity contribution in [2.45, 2.75) is 0 Å². The second-order valence-electron chi connectivity index (χ2n) is 9.68. The van der Waals surface area contributed by atoms with E-state index in [2.05, 4.69) is 14.1 Å². The molecule has 2 aromatic rings. The molecule has 0 N–H and O–H groups in total. The first-order chi connectivity index (χ1) is 15.4. The third-order valence-corrected chi connectivity index (χ3v) is 6.90. The highest BCUT2D eigenvalue weighted by Crippen LogP contribution is 2.22. The Balaban J connectivity index is 0.00000204. The predicted octanol–water partition coefficient (Wildman–Crippen LogP) is -3.32. The largest absolute Gasteiger partial charge is 1.00 e. The van der Waals surface area contributed by atoms with Crippen molar-refractivity contribution in [2.75, 3.05) is 79.8 Å². The summed E-state index contributed by atoms with van der Waals surface area (Å²) in [5.41, 5.74) is 3.57. The van der Waals surface area contributed by atoms with Gasteiger partial charge in [-0.2, -0.15) is 0 Å². The number of nitrogens with zero attached hydrogens (tertiary/aromatic N) is 2. The van der Waals surface area contributed by atoms with Crippen molar-refractivity contribution in [3.8, 4) is 11.1 Å². The number of rotatable bonds is 7. The molecule has 2 aromatic carbocycles. The highest BCUT2D eigenvalue weighted by atomic mass is 79.9. The molecule has 0 saturated carbocycles. The number of hydrogen-bond donors (Lipinski definition) is 0. The third-order valence-electron chi connectivity index (χ3n) is 6.90. The Labute approximate surface area is 223 Å². The van der Waals surface area contributed by atoms with E-state index >= 15 is 0 Å². The van der Waals surface area contributed by atoms with Crippen molar-refractivity contribution >= 4 is 11.6 Å². The fourth-order valence-electron chi connectivity index (χ4n) is 4.46. The second-order valence-corrected chi connectivity index (χ2v) is 9.68. The van der Waals surface area contributed by atoms with Crippen molar-refractivity contribution in [2.24, 2.45) is 0 Å². The van der Waals surface area contributed by atoms with Crippen molar-refractivity contribution in [3.63, 3.8) is 0 Å². The summed E-state index contributed by atoms with van der Waals surface area (Å²) in [6, 6.07) is 15.6. The van der Waals surface area contributed by atoms with Crippen LogP contribution in [-0.4, -0.2) is 100 Å². The average Bonchev–Trinajstić information content (AvgIpc) is 2.79. The molecule has 0 atom stereocenters. The van der Waals surface area contributed by atoms with Crippen LogP contribution in [0.5, 0.6) is 0 Å². The first kappa shape index (κ1) is 28.8. The first-order valence-electron chi connectivity index (χ1n) is 11.5. The normalized spacial score (nSPS) is 18.8. The molecule has 2 aliphatic rings. The van der Waals surface area contributed by atoms with Crippen molar-refractivity contribution in [3.05, 3.63) is 59.7 Å². The summed E-state index contributed by atoms with van der Waals surface area (Å²) in [5.74, 6) is 0.336. The summed E-state index contributed by atoms with van der Waals surface area (Å²) in [6.07, 6.45) is 0. The number of carbonyl (C=O) groups is 2. The lowest BCUT2D eigenvalue weighted by molar-refractivity contribution is -0.908. The van der Waals surface area contributed by atoms with Gasteiger partial charge in [0.2, 0.25) is 11.6 Å². The van der Waals surface area contributed by atoms with E-state index in [4.69, 9.17) is 9.47 Å². The van der Waals surface area contributed by atoms with Crippen LogP contribution < -0.4 is 34.0 Å². The Kier molecular flexibility index (Phi) is 10.6. The Bertz CT molecular complexity index is 872. The van der Waals surface area contributed by atoms with E-state index < -0.39 is 0 Å². The van der Waals surface area contributed by atoms with E-state index in [-0.39, 0.29) is 45.5 Å². The molecule has 2 saturated heterocycles. The molecule has 0 aliphatic carbocycles.